The molecule has 1 heterocycles. The van der Waals surface area contributed by atoms with Crippen LogP contribution in [0, 0.1) is 0 Å². The van der Waals surface area contributed by atoms with Crippen molar-refractivity contribution >= 4 is 61.7 Å². The largest absolute Gasteiger partial charge is 0.391 e. The fourth-order valence-corrected chi connectivity index (χ4v) is 5.87. The lowest BCUT2D eigenvalue weighted by Crippen LogP contribution is -2.30. The molecule has 0 fully saturated rings. The average Bonchev–Trinajstić information content (AvgIpc) is 3.29. The van der Waals surface area contributed by atoms with Crippen LogP contribution in [0.3, 0.4) is 0 Å². The van der Waals surface area contributed by atoms with Gasteiger partial charge in [-0.2, -0.15) is 0 Å². The monoisotopic (exact) mass is 630 g/mol. The minimum Gasteiger partial charge on any atom is -0.391 e. The molecule has 0 aliphatic heterocycles. The molecule has 39 heavy (non-hydrogen) atoms. The van der Waals surface area contributed by atoms with Crippen LogP contribution >= 0.6 is 22.6 Å². The Morgan fingerprint density at radius 2 is 1.64 bits per heavy atom. The Bertz CT molecular complexity index is 1630. The van der Waals surface area contributed by atoms with Gasteiger partial charge in [-0.05, 0) is 61.7 Å². The van der Waals surface area contributed by atoms with Gasteiger partial charge in [0.1, 0.15) is 15.7 Å². The maximum absolute atomic E-state index is 13.6. The molecule has 0 saturated heterocycles. The topological polar surface area (TPSA) is 60.7 Å². The van der Waals surface area contributed by atoms with E-state index in [0.29, 0.717) is 36.3 Å². The van der Waals surface area contributed by atoms with E-state index in [0.717, 1.165) is 40.3 Å². The number of alkyl halides is 1. The SMILES string of the molecule is CCC/C(=N\OCc1ccccc1)C(=O)c1ccc2c(c1)c1cc(C(=O)C3(I)C=CC=CC3)ccc1n2CC. The number of halogens is 1. The number of ketones is 2. The molecular formula is C33H31IN2O3. The van der Waals surface area contributed by atoms with E-state index in [1.807, 2.05) is 98.0 Å². The van der Waals surface area contributed by atoms with Crippen LogP contribution in [0.25, 0.3) is 21.8 Å². The molecule has 1 aliphatic rings. The molecular weight excluding hydrogens is 599 g/mol. The first-order chi connectivity index (χ1) is 18.9. The van der Waals surface area contributed by atoms with Crippen molar-refractivity contribution in [2.45, 2.75) is 49.7 Å². The summed E-state index contributed by atoms with van der Waals surface area (Å²) in [7, 11) is 0. The Labute approximate surface area is 242 Å². The Morgan fingerprint density at radius 3 is 2.28 bits per heavy atom. The second kappa shape index (κ2) is 11.7. The minimum absolute atomic E-state index is 0.0863. The summed E-state index contributed by atoms with van der Waals surface area (Å²) >= 11 is 2.25. The van der Waals surface area contributed by atoms with Gasteiger partial charge in [0.15, 0.2) is 5.78 Å². The molecule has 1 aromatic heterocycles. The molecule has 6 heteroatoms. The predicted molar refractivity (Wildman–Crippen MR) is 167 cm³/mol. The number of aryl methyl sites for hydroxylation is 1. The van der Waals surface area contributed by atoms with E-state index in [9.17, 15) is 9.59 Å². The molecule has 0 saturated carbocycles. The summed E-state index contributed by atoms with van der Waals surface area (Å²) in [6.45, 7) is 5.21. The van der Waals surface area contributed by atoms with Gasteiger partial charge in [-0.15, -0.1) is 0 Å². The lowest BCUT2D eigenvalue weighted by Gasteiger charge is -2.22. The van der Waals surface area contributed by atoms with Crippen molar-refractivity contribution in [3.8, 4) is 0 Å². The third-order valence-corrected chi connectivity index (χ3v) is 8.39. The summed E-state index contributed by atoms with van der Waals surface area (Å²) in [4.78, 5) is 32.7. The molecule has 0 radical (unpaired) electrons. The van der Waals surface area contributed by atoms with Crippen LogP contribution in [0.2, 0.25) is 0 Å². The molecule has 5 rings (SSSR count). The van der Waals surface area contributed by atoms with Gasteiger partial charge < -0.3 is 9.40 Å². The van der Waals surface area contributed by atoms with Crippen molar-refractivity contribution < 1.29 is 14.4 Å². The second-order valence-corrected chi connectivity index (χ2v) is 11.7. The van der Waals surface area contributed by atoms with Crippen LogP contribution in [-0.4, -0.2) is 25.3 Å². The fourth-order valence-electron chi connectivity index (χ4n) is 5.09. The average molecular weight is 631 g/mol. The van der Waals surface area contributed by atoms with E-state index in [4.69, 9.17) is 4.84 Å². The zero-order chi connectivity index (χ0) is 27.4. The van der Waals surface area contributed by atoms with Gasteiger partial charge in [0, 0.05) is 39.5 Å². The predicted octanol–water partition coefficient (Wildman–Crippen LogP) is 8.24. The number of fused-ring (bicyclic) bond motifs is 3. The van der Waals surface area contributed by atoms with Crippen LogP contribution in [0.15, 0.2) is 96.2 Å². The van der Waals surface area contributed by atoms with Gasteiger partial charge in [-0.1, -0.05) is 95.7 Å². The highest BCUT2D eigenvalue weighted by Crippen LogP contribution is 2.36. The minimum atomic E-state index is -0.588. The number of carbonyl (C=O) groups excluding carboxylic acids is 2. The van der Waals surface area contributed by atoms with Crippen LogP contribution in [0.4, 0.5) is 0 Å². The van der Waals surface area contributed by atoms with Crippen LogP contribution in [0.1, 0.15) is 59.4 Å². The highest BCUT2D eigenvalue weighted by Gasteiger charge is 2.33. The van der Waals surface area contributed by atoms with Crippen LogP contribution in [0.5, 0.6) is 0 Å². The van der Waals surface area contributed by atoms with E-state index in [-0.39, 0.29) is 11.6 Å². The summed E-state index contributed by atoms with van der Waals surface area (Å²) in [5.74, 6) is -0.0510. The van der Waals surface area contributed by atoms with Crippen molar-refractivity contribution in [3.63, 3.8) is 0 Å². The number of benzene rings is 3. The maximum atomic E-state index is 13.6. The first kappa shape index (κ1) is 27.1. The molecule has 0 bridgehead atoms. The molecule has 0 N–H and O–H groups in total. The normalized spacial score (nSPS) is 17.2. The molecule has 0 spiro atoms. The van der Waals surface area contributed by atoms with Gasteiger partial charge in [-0.25, -0.2) is 0 Å². The van der Waals surface area contributed by atoms with Gasteiger partial charge >= 0.3 is 0 Å². The van der Waals surface area contributed by atoms with Crippen molar-refractivity contribution in [3.05, 3.63) is 108 Å². The summed E-state index contributed by atoms with van der Waals surface area (Å²) in [6, 6.07) is 21.5. The van der Waals surface area contributed by atoms with Gasteiger partial charge in [0.05, 0.1) is 0 Å². The number of hydrogen-bond acceptors (Lipinski definition) is 4. The smallest absolute Gasteiger partial charge is 0.210 e. The van der Waals surface area contributed by atoms with Crippen molar-refractivity contribution in [1.29, 1.82) is 0 Å². The molecule has 1 unspecified atom stereocenters. The van der Waals surface area contributed by atoms with E-state index < -0.39 is 3.42 Å². The van der Waals surface area contributed by atoms with E-state index in [2.05, 4.69) is 39.2 Å². The number of nitrogens with zero attached hydrogens (tertiary/aromatic N) is 2. The molecule has 0 amide bonds. The maximum Gasteiger partial charge on any atom is 0.210 e. The third kappa shape index (κ3) is 5.48. The Morgan fingerprint density at radius 1 is 0.949 bits per heavy atom. The lowest BCUT2D eigenvalue weighted by atomic mass is 9.91. The molecule has 1 atom stereocenters. The number of Topliss-reactive ketones (excluding diaryl/α,β-unsaturated/α-hetero) is 2. The zero-order valence-electron chi connectivity index (χ0n) is 22.2. The molecule has 3 aromatic carbocycles. The number of rotatable bonds is 10. The van der Waals surface area contributed by atoms with Gasteiger partial charge in [0.25, 0.3) is 0 Å². The van der Waals surface area contributed by atoms with Gasteiger partial charge in [-0.3, -0.25) is 9.59 Å². The van der Waals surface area contributed by atoms with E-state index in [1.165, 1.54) is 0 Å². The number of carbonyl (C=O) groups is 2. The van der Waals surface area contributed by atoms with Crippen molar-refractivity contribution in [1.82, 2.24) is 4.57 Å². The summed E-state index contributed by atoms with van der Waals surface area (Å²) in [5, 5.41) is 6.17. The Kier molecular flexibility index (Phi) is 8.12. The standard InChI is InChI=1S/C33H31IN2O3/c1-3-11-28(35-39-22-23-12-7-5-8-13-23)31(37)24-14-16-29-26(20-24)27-21-25(15-17-30(27)36(29)4-2)32(38)33(34)18-9-6-10-19-33/h5-10,12-18,20-21H,3-4,11,19,22H2,1-2H3/b35-28+. The highest BCUT2D eigenvalue weighted by atomic mass is 127. The third-order valence-electron chi connectivity index (χ3n) is 7.10. The van der Waals surface area contributed by atoms with Crippen LogP contribution in [-0.2, 0) is 18.0 Å². The Balaban J connectivity index is 1.51. The number of aromatic nitrogens is 1. The summed E-state index contributed by atoms with van der Waals surface area (Å²) < 4.78 is 1.63. The van der Waals surface area contributed by atoms with E-state index in [1.54, 1.807) is 0 Å². The van der Waals surface area contributed by atoms with Gasteiger partial charge in [0.2, 0.25) is 5.78 Å². The van der Waals surface area contributed by atoms with E-state index >= 15 is 0 Å². The molecule has 4 aromatic rings. The Hall–Kier alpha value is -3.52. The number of oxime groups is 1. The highest BCUT2D eigenvalue weighted by molar-refractivity contribution is 14.1. The number of allylic oxidation sites excluding steroid dienone is 4. The first-order valence-electron chi connectivity index (χ1n) is 13.4. The fraction of sp³-hybridized carbons (Fsp3) is 0.242. The summed E-state index contributed by atoms with van der Waals surface area (Å²) in [5.41, 5.74) is 4.72. The van der Waals surface area contributed by atoms with Crippen LogP contribution < -0.4 is 0 Å². The molecule has 198 valence electrons. The number of hydrogen-bond donors (Lipinski definition) is 0. The quantitative estimate of drug-likeness (QED) is 0.0583. The summed E-state index contributed by atoms with van der Waals surface area (Å²) in [6.07, 6.45) is 9.89. The first-order valence-corrected chi connectivity index (χ1v) is 14.4. The lowest BCUT2D eigenvalue weighted by molar-refractivity contribution is 0.0969. The molecule has 5 nitrogen and oxygen atoms in total. The second-order valence-electron chi connectivity index (χ2n) is 9.77. The molecule has 1 aliphatic carbocycles. The van der Waals surface area contributed by atoms with Crippen molar-refractivity contribution in [2.24, 2.45) is 5.16 Å². The van der Waals surface area contributed by atoms with Crippen molar-refractivity contribution in [2.75, 3.05) is 0 Å². The zero-order valence-corrected chi connectivity index (χ0v) is 24.4.